The van der Waals surface area contributed by atoms with Crippen LogP contribution in [0.1, 0.15) is 37.7 Å². The molecule has 6 heteroatoms. The number of nitrogens with zero attached hydrogens (tertiary/aromatic N) is 2. The van der Waals surface area contributed by atoms with Crippen molar-refractivity contribution >= 4 is 6.03 Å². The lowest BCUT2D eigenvalue weighted by Crippen LogP contribution is -2.60. The second-order valence-corrected chi connectivity index (χ2v) is 6.78. The molecule has 0 aromatic carbocycles. The van der Waals surface area contributed by atoms with Crippen LogP contribution in [0, 0.1) is 0 Å². The zero-order valence-corrected chi connectivity index (χ0v) is 14.3. The summed E-state index contributed by atoms with van der Waals surface area (Å²) in [5, 5.41) is 6.03. The summed E-state index contributed by atoms with van der Waals surface area (Å²) in [5.41, 5.74) is 1.11. The molecule has 2 heterocycles. The molecule has 0 radical (unpaired) electrons. The first-order valence-electron chi connectivity index (χ1n) is 9.02. The SMILES string of the molecule is O=C(NCc1cccnc1)NCC1(N2CCOCC2)CCCCC1. The summed E-state index contributed by atoms with van der Waals surface area (Å²) in [6.45, 7) is 4.76. The Labute approximate surface area is 144 Å². The number of rotatable bonds is 5. The zero-order valence-electron chi connectivity index (χ0n) is 14.3. The van der Waals surface area contributed by atoms with E-state index < -0.39 is 0 Å². The number of carbonyl (C=O) groups is 1. The number of hydrogen-bond donors (Lipinski definition) is 2. The Morgan fingerprint density at radius 1 is 1.21 bits per heavy atom. The summed E-state index contributed by atoms with van der Waals surface area (Å²) in [6.07, 6.45) is 9.63. The molecule has 0 atom stereocenters. The van der Waals surface area contributed by atoms with E-state index in [1.807, 2.05) is 12.1 Å². The number of urea groups is 1. The van der Waals surface area contributed by atoms with Crippen LogP contribution in [0.15, 0.2) is 24.5 Å². The maximum Gasteiger partial charge on any atom is 0.315 e. The molecular weight excluding hydrogens is 304 g/mol. The van der Waals surface area contributed by atoms with Crippen molar-refractivity contribution in [2.45, 2.75) is 44.2 Å². The minimum atomic E-state index is -0.0999. The van der Waals surface area contributed by atoms with Gasteiger partial charge in [0, 0.05) is 44.1 Å². The van der Waals surface area contributed by atoms with Crippen molar-refractivity contribution < 1.29 is 9.53 Å². The fourth-order valence-corrected chi connectivity index (χ4v) is 3.84. The van der Waals surface area contributed by atoms with E-state index >= 15 is 0 Å². The quantitative estimate of drug-likeness (QED) is 0.864. The molecule has 1 aliphatic carbocycles. The number of morpholine rings is 1. The molecule has 132 valence electrons. The van der Waals surface area contributed by atoms with Gasteiger partial charge in [0.1, 0.15) is 0 Å². The van der Waals surface area contributed by atoms with E-state index in [2.05, 4.69) is 20.5 Å². The summed E-state index contributed by atoms with van der Waals surface area (Å²) >= 11 is 0. The first kappa shape index (κ1) is 17.2. The predicted octanol–water partition coefficient (Wildman–Crippen LogP) is 1.92. The van der Waals surface area contributed by atoms with Crippen molar-refractivity contribution in [3.8, 4) is 0 Å². The van der Waals surface area contributed by atoms with Crippen LogP contribution >= 0.6 is 0 Å². The molecule has 3 rings (SSSR count). The molecule has 1 saturated carbocycles. The second kappa shape index (κ2) is 8.44. The molecule has 2 N–H and O–H groups in total. The third-order valence-corrected chi connectivity index (χ3v) is 5.22. The molecule has 1 aromatic rings. The van der Waals surface area contributed by atoms with Crippen molar-refractivity contribution in [1.82, 2.24) is 20.5 Å². The molecule has 6 nitrogen and oxygen atoms in total. The number of amides is 2. The van der Waals surface area contributed by atoms with Crippen LogP contribution in [0.3, 0.4) is 0 Å². The largest absolute Gasteiger partial charge is 0.379 e. The van der Waals surface area contributed by atoms with Crippen molar-refractivity contribution in [3.05, 3.63) is 30.1 Å². The topological polar surface area (TPSA) is 66.5 Å². The van der Waals surface area contributed by atoms with Crippen LogP contribution in [0.2, 0.25) is 0 Å². The highest BCUT2D eigenvalue weighted by atomic mass is 16.5. The van der Waals surface area contributed by atoms with Gasteiger partial charge in [-0.2, -0.15) is 0 Å². The Hall–Kier alpha value is -1.66. The van der Waals surface area contributed by atoms with Gasteiger partial charge in [-0.25, -0.2) is 4.79 Å². The molecule has 2 amide bonds. The summed E-state index contributed by atoms with van der Waals surface area (Å²) in [4.78, 5) is 18.8. The number of aromatic nitrogens is 1. The van der Waals surface area contributed by atoms with Gasteiger partial charge in [0.25, 0.3) is 0 Å². The first-order chi connectivity index (χ1) is 11.8. The Morgan fingerprint density at radius 3 is 2.71 bits per heavy atom. The van der Waals surface area contributed by atoms with Crippen LogP contribution in [-0.2, 0) is 11.3 Å². The maximum atomic E-state index is 12.2. The van der Waals surface area contributed by atoms with Crippen molar-refractivity contribution in [3.63, 3.8) is 0 Å². The molecule has 1 saturated heterocycles. The number of hydrogen-bond acceptors (Lipinski definition) is 4. The number of ether oxygens (including phenoxy) is 1. The highest BCUT2D eigenvalue weighted by molar-refractivity contribution is 5.73. The minimum absolute atomic E-state index is 0.0999. The molecule has 24 heavy (non-hydrogen) atoms. The Balaban J connectivity index is 1.52. The van der Waals surface area contributed by atoms with Gasteiger partial charge >= 0.3 is 6.03 Å². The van der Waals surface area contributed by atoms with E-state index in [4.69, 9.17) is 4.74 Å². The summed E-state index contributed by atoms with van der Waals surface area (Å²) in [5.74, 6) is 0. The highest BCUT2D eigenvalue weighted by Crippen LogP contribution is 2.33. The molecule has 2 aliphatic rings. The van der Waals surface area contributed by atoms with Crippen LogP contribution in [0.25, 0.3) is 0 Å². The van der Waals surface area contributed by atoms with Crippen molar-refractivity contribution in [2.75, 3.05) is 32.8 Å². The molecule has 2 fully saturated rings. The van der Waals surface area contributed by atoms with Crippen LogP contribution < -0.4 is 10.6 Å². The number of pyridine rings is 1. The molecule has 1 aliphatic heterocycles. The predicted molar refractivity (Wildman–Crippen MR) is 92.7 cm³/mol. The van der Waals surface area contributed by atoms with E-state index in [1.54, 1.807) is 12.4 Å². The van der Waals surface area contributed by atoms with E-state index in [1.165, 1.54) is 19.3 Å². The lowest BCUT2D eigenvalue weighted by molar-refractivity contribution is -0.0357. The lowest BCUT2D eigenvalue weighted by Gasteiger charge is -2.48. The molecular formula is C18H28N4O2. The van der Waals surface area contributed by atoms with Gasteiger partial charge < -0.3 is 15.4 Å². The first-order valence-corrected chi connectivity index (χ1v) is 9.02. The summed E-state index contributed by atoms with van der Waals surface area (Å²) < 4.78 is 5.50. The van der Waals surface area contributed by atoms with Crippen molar-refractivity contribution in [1.29, 1.82) is 0 Å². The molecule has 0 bridgehead atoms. The fourth-order valence-electron chi connectivity index (χ4n) is 3.84. The Bertz CT molecular complexity index is 511. The van der Waals surface area contributed by atoms with E-state index in [-0.39, 0.29) is 11.6 Å². The minimum Gasteiger partial charge on any atom is -0.379 e. The third-order valence-electron chi connectivity index (χ3n) is 5.22. The lowest BCUT2D eigenvalue weighted by atomic mass is 9.80. The molecule has 0 unspecified atom stereocenters. The van der Waals surface area contributed by atoms with Crippen LogP contribution in [0.5, 0.6) is 0 Å². The highest BCUT2D eigenvalue weighted by Gasteiger charge is 2.38. The number of nitrogens with one attached hydrogen (secondary N) is 2. The third kappa shape index (κ3) is 4.45. The summed E-state index contributed by atoms with van der Waals surface area (Å²) in [6, 6.07) is 3.74. The smallest absolute Gasteiger partial charge is 0.315 e. The maximum absolute atomic E-state index is 12.2. The Morgan fingerprint density at radius 2 is 2.00 bits per heavy atom. The normalized spacial score (nSPS) is 21.2. The van der Waals surface area contributed by atoms with Gasteiger partial charge in [-0.3, -0.25) is 9.88 Å². The average Bonchev–Trinajstić information content (AvgIpc) is 2.67. The van der Waals surface area contributed by atoms with Gasteiger partial charge in [0.05, 0.1) is 13.2 Å². The zero-order chi connectivity index (χ0) is 16.7. The van der Waals surface area contributed by atoms with Gasteiger partial charge in [-0.15, -0.1) is 0 Å². The van der Waals surface area contributed by atoms with Crippen LogP contribution in [-0.4, -0.2) is 54.3 Å². The van der Waals surface area contributed by atoms with Gasteiger partial charge in [-0.05, 0) is 24.5 Å². The van der Waals surface area contributed by atoms with Gasteiger partial charge in [-0.1, -0.05) is 25.3 Å². The monoisotopic (exact) mass is 332 g/mol. The van der Waals surface area contributed by atoms with E-state index in [9.17, 15) is 4.79 Å². The summed E-state index contributed by atoms with van der Waals surface area (Å²) in [7, 11) is 0. The Kier molecular flexibility index (Phi) is 6.04. The molecule has 0 spiro atoms. The average molecular weight is 332 g/mol. The van der Waals surface area contributed by atoms with E-state index in [0.29, 0.717) is 13.1 Å². The number of carbonyl (C=O) groups excluding carboxylic acids is 1. The molecule has 1 aromatic heterocycles. The van der Waals surface area contributed by atoms with Crippen LogP contribution in [0.4, 0.5) is 4.79 Å². The fraction of sp³-hybridized carbons (Fsp3) is 0.667. The second-order valence-electron chi connectivity index (χ2n) is 6.78. The standard InChI is InChI=1S/C18H28N4O2/c23-17(20-14-16-5-4-8-19-13-16)21-15-18(6-2-1-3-7-18)22-9-11-24-12-10-22/h4-5,8,13H,1-3,6-7,9-12,14-15H2,(H2,20,21,23). The van der Waals surface area contributed by atoms with E-state index in [0.717, 1.165) is 44.7 Å². The van der Waals surface area contributed by atoms with Gasteiger partial charge in [0.15, 0.2) is 0 Å². The van der Waals surface area contributed by atoms with Gasteiger partial charge in [0.2, 0.25) is 0 Å². The van der Waals surface area contributed by atoms with Crippen molar-refractivity contribution in [2.24, 2.45) is 0 Å².